The van der Waals surface area contributed by atoms with Crippen LogP contribution in [0, 0.1) is 20.8 Å². The summed E-state index contributed by atoms with van der Waals surface area (Å²) < 4.78 is 0. The first-order valence-corrected chi connectivity index (χ1v) is 33.1. The molecule has 6 aromatic carbocycles. The van der Waals surface area contributed by atoms with E-state index in [1.165, 1.54) is 98.0 Å². The second-order valence-corrected chi connectivity index (χ2v) is 31.2. The Labute approximate surface area is 333 Å². The summed E-state index contributed by atoms with van der Waals surface area (Å²) in [6.45, 7) is 27.6. The summed E-state index contributed by atoms with van der Waals surface area (Å²) in [5.74, 6) is 0. The summed E-state index contributed by atoms with van der Waals surface area (Å²) in [5.41, 5.74) is 10.9. The summed E-state index contributed by atoms with van der Waals surface area (Å²) >= 11 is -0.826. The molecule has 0 spiro atoms. The third kappa shape index (κ3) is 12.1. The Bertz CT molecular complexity index is 1950. The average molecular weight is 845 g/mol. The van der Waals surface area contributed by atoms with Gasteiger partial charge in [-0.2, -0.15) is 12.1 Å². The molecule has 268 valence electrons. The summed E-state index contributed by atoms with van der Waals surface area (Å²) in [7, 11) is 8.63. The monoisotopic (exact) mass is 842 g/mol. The van der Waals surface area contributed by atoms with Gasteiger partial charge in [-0.1, -0.05) is 175 Å². The van der Waals surface area contributed by atoms with Gasteiger partial charge in [0.1, 0.15) is 0 Å². The number of benzene rings is 4. The third-order valence-electron chi connectivity index (χ3n) is 9.45. The van der Waals surface area contributed by atoms with Crippen LogP contribution in [-0.4, -0.2) is 25.7 Å². The SMILES string of the molecule is CC[Si]CC.CCc1cc2c(-c3ccc([Si](C)(C)C)cc3)ccc(C)c2[cH-]1.Cc1cc2c(-c3ccc([Si](C)(C)C)cc3)ccc(C)c2[cH-]1.[Cl][Zr+2][Cl]. The summed E-state index contributed by atoms with van der Waals surface area (Å²) in [4.78, 5) is 0. The van der Waals surface area contributed by atoms with Crippen LogP contribution in [0.25, 0.3) is 43.8 Å². The van der Waals surface area contributed by atoms with E-state index in [9.17, 15) is 0 Å². The predicted molar refractivity (Wildman–Crippen MR) is 238 cm³/mol. The van der Waals surface area contributed by atoms with Crippen LogP contribution >= 0.6 is 17.0 Å². The zero-order valence-electron chi connectivity index (χ0n) is 33.1. The second kappa shape index (κ2) is 20.1. The second-order valence-electron chi connectivity index (χ2n) is 15.4. The Hall–Kier alpha value is -1.79. The van der Waals surface area contributed by atoms with E-state index >= 15 is 0 Å². The number of halogens is 2. The van der Waals surface area contributed by atoms with Gasteiger partial charge in [-0.15, -0.1) is 68.1 Å². The molecule has 6 rings (SSSR count). The molecular weight excluding hydrogens is 787 g/mol. The van der Waals surface area contributed by atoms with Gasteiger partial charge in [0.15, 0.2) is 0 Å². The number of fused-ring (bicyclic) bond motifs is 2. The van der Waals surface area contributed by atoms with Crippen LogP contribution in [0.4, 0.5) is 0 Å². The van der Waals surface area contributed by atoms with Gasteiger partial charge >= 0.3 is 37.9 Å². The normalized spacial score (nSPS) is 11.2. The average Bonchev–Trinajstić information content (AvgIpc) is 3.71. The Morgan fingerprint density at radius 3 is 1.31 bits per heavy atom. The molecule has 0 atom stereocenters. The maximum atomic E-state index is 4.93. The van der Waals surface area contributed by atoms with Gasteiger partial charge in [0.05, 0.1) is 16.1 Å². The van der Waals surface area contributed by atoms with Crippen LogP contribution in [0.2, 0.25) is 51.4 Å². The van der Waals surface area contributed by atoms with Crippen molar-refractivity contribution in [2.24, 2.45) is 0 Å². The van der Waals surface area contributed by atoms with Crippen molar-refractivity contribution in [1.82, 2.24) is 0 Å². The molecule has 6 aromatic rings. The van der Waals surface area contributed by atoms with Crippen molar-refractivity contribution in [1.29, 1.82) is 0 Å². The Morgan fingerprint density at radius 2 is 0.961 bits per heavy atom. The van der Waals surface area contributed by atoms with E-state index in [0.29, 0.717) is 0 Å². The van der Waals surface area contributed by atoms with Crippen LogP contribution in [-0.2, 0) is 27.3 Å². The van der Waals surface area contributed by atoms with E-state index in [1.807, 2.05) is 0 Å². The molecule has 0 aromatic heterocycles. The van der Waals surface area contributed by atoms with Crippen molar-refractivity contribution in [3.63, 3.8) is 0 Å². The zero-order valence-corrected chi connectivity index (χ0v) is 40.1. The Morgan fingerprint density at radius 1 is 0.569 bits per heavy atom. The topological polar surface area (TPSA) is 0 Å². The van der Waals surface area contributed by atoms with Gasteiger partial charge in [0.2, 0.25) is 0 Å². The van der Waals surface area contributed by atoms with Crippen molar-refractivity contribution in [2.75, 3.05) is 0 Å². The molecule has 0 heterocycles. The fourth-order valence-electron chi connectivity index (χ4n) is 6.35. The molecule has 51 heavy (non-hydrogen) atoms. The van der Waals surface area contributed by atoms with Gasteiger partial charge < -0.3 is 0 Å². The van der Waals surface area contributed by atoms with Crippen LogP contribution in [0.1, 0.15) is 43.0 Å². The van der Waals surface area contributed by atoms with Crippen molar-refractivity contribution >= 4 is 74.6 Å². The minimum absolute atomic E-state index is 0.826. The van der Waals surface area contributed by atoms with E-state index < -0.39 is 37.0 Å². The van der Waals surface area contributed by atoms with Crippen molar-refractivity contribution in [3.8, 4) is 22.3 Å². The molecule has 0 aliphatic carbocycles. The fourth-order valence-corrected chi connectivity index (χ4v) is 9.18. The molecule has 6 heteroatoms. The van der Waals surface area contributed by atoms with E-state index in [1.54, 1.807) is 0 Å². The van der Waals surface area contributed by atoms with Crippen LogP contribution in [0.3, 0.4) is 0 Å². The summed E-state index contributed by atoms with van der Waals surface area (Å²) in [6, 6.07) is 39.6. The molecule has 0 bridgehead atoms. The van der Waals surface area contributed by atoms with Gasteiger partial charge in [0, 0.05) is 9.52 Å². The molecule has 0 saturated carbocycles. The van der Waals surface area contributed by atoms with E-state index in [-0.39, 0.29) is 0 Å². The standard InChI is InChI=1S/C21H25Si.C20H23Si.C4H10Si.2ClH.Zr/c1-6-16-13-20-15(2)7-12-19(21(20)14-16)17-8-10-18(11-9-17)22(3,4)5;1-14-12-19-15(2)6-11-18(20(19)13-14)16-7-9-17(10-8-16)21(3,4)5;1-3-5-4-2;;;/h7-14H,6H2,1-5H3;6-13H,1-5H3;3-4H2,1-2H3;2*1H;/q2*-1;;;;+4/p-2. The fraction of sp³-hybridized carbons (Fsp3) is 0.333. The molecule has 0 aliphatic rings. The molecular formula is C45H58Cl2Si3Zr. The van der Waals surface area contributed by atoms with Gasteiger partial charge in [-0.05, 0) is 17.5 Å². The molecule has 0 nitrogen and oxygen atoms in total. The minimum atomic E-state index is -1.22. The summed E-state index contributed by atoms with van der Waals surface area (Å²) in [5, 5.41) is 8.62. The van der Waals surface area contributed by atoms with Crippen LogP contribution < -0.4 is 10.4 Å². The van der Waals surface area contributed by atoms with Gasteiger partial charge in [-0.3, -0.25) is 0 Å². The van der Waals surface area contributed by atoms with Crippen LogP contribution in [0.5, 0.6) is 0 Å². The molecule has 0 aliphatic heterocycles. The van der Waals surface area contributed by atoms with E-state index in [0.717, 1.165) is 6.42 Å². The van der Waals surface area contributed by atoms with Gasteiger partial charge in [-0.25, -0.2) is 0 Å². The molecule has 0 unspecified atom stereocenters. The first-order valence-electron chi connectivity index (χ1n) is 18.3. The Balaban J connectivity index is 0.000000228. The zero-order chi connectivity index (χ0) is 37.9. The summed E-state index contributed by atoms with van der Waals surface area (Å²) in [6.07, 6.45) is 1.10. The van der Waals surface area contributed by atoms with Crippen molar-refractivity contribution < 1.29 is 20.8 Å². The molecule has 0 saturated heterocycles. The number of aryl methyl sites for hydroxylation is 4. The van der Waals surface area contributed by atoms with E-state index in [4.69, 9.17) is 17.0 Å². The number of rotatable bonds is 7. The first-order chi connectivity index (χ1) is 24.1. The number of hydrogen-bond donors (Lipinski definition) is 0. The maximum absolute atomic E-state index is 4.93. The molecule has 0 amide bonds. The first kappa shape index (κ1) is 43.6. The quantitative estimate of drug-likeness (QED) is 0.111. The molecule has 2 radical (unpaired) electrons. The third-order valence-corrected chi connectivity index (χ3v) is 14.6. The Kier molecular flexibility index (Phi) is 17.1. The van der Waals surface area contributed by atoms with E-state index in [2.05, 4.69) is 178 Å². The molecule has 0 fully saturated rings. The van der Waals surface area contributed by atoms with Crippen molar-refractivity contribution in [3.05, 3.63) is 119 Å². The molecule has 0 N–H and O–H groups in total. The van der Waals surface area contributed by atoms with Crippen LogP contribution in [0.15, 0.2) is 97.1 Å². The van der Waals surface area contributed by atoms with Crippen molar-refractivity contribution in [2.45, 2.75) is 99.3 Å². The number of hydrogen-bond acceptors (Lipinski definition) is 0. The van der Waals surface area contributed by atoms with Gasteiger partial charge in [0.25, 0.3) is 0 Å². The predicted octanol–water partition coefficient (Wildman–Crippen LogP) is 14.0.